The van der Waals surface area contributed by atoms with E-state index in [1.807, 2.05) is 0 Å². The summed E-state index contributed by atoms with van der Waals surface area (Å²) in [6.07, 6.45) is 4.33. The number of nitrogens with zero attached hydrogens (tertiary/aromatic N) is 2. The third kappa shape index (κ3) is 1.62. The first kappa shape index (κ1) is 7.68. The zero-order valence-corrected chi connectivity index (χ0v) is 8.89. The monoisotopic (exact) mass is 276 g/mol. The standard InChI is InChI=1S/C7H6Br2N2/c8-5-3-10-7(9)11-6(5)4-1-2-4/h3-4H,1-2H2. The van der Waals surface area contributed by atoms with E-state index in [1.54, 1.807) is 6.20 Å². The van der Waals surface area contributed by atoms with Crippen molar-refractivity contribution in [1.29, 1.82) is 0 Å². The minimum atomic E-state index is 0.670. The van der Waals surface area contributed by atoms with Crippen molar-refractivity contribution >= 4 is 31.9 Å². The van der Waals surface area contributed by atoms with Crippen molar-refractivity contribution in [2.45, 2.75) is 18.8 Å². The summed E-state index contributed by atoms with van der Waals surface area (Å²) < 4.78 is 1.71. The van der Waals surface area contributed by atoms with E-state index in [2.05, 4.69) is 41.8 Å². The Morgan fingerprint density at radius 3 is 2.73 bits per heavy atom. The molecule has 1 aromatic rings. The molecule has 11 heavy (non-hydrogen) atoms. The van der Waals surface area contributed by atoms with Crippen LogP contribution in [-0.2, 0) is 0 Å². The van der Waals surface area contributed by atoms with Gasteiger partial charge >= 0.3 is 0 Å². The van der Waals surface area contributed by atoms with Crippen LogP contribution >= 0.6 is 31.9 Å². The molecule has 0 aliphatic heterocycles. The topological polar surface area (TPSA) is 25.8 Å². The highest BCUT2D eigenvalue weighted by atomic mass is 79.9. The summed E-state index contributed by atoms with van der Waals surface area (Å²) in [5.41, 5.74) is 1.15. The smallest absolute Gasteiger partial charge is 0.196 e. The van der Waals surface area contributed by atoms with Crippen molar-refractivity contribution in [3.8, 4) is 0 Å². The highest BCUT2D eigenvalue weighted by molar-refractivity contribution is 9.10. The lowest BCUT2D eigenvalue weighted by atomic mass is 10.3. The summed E-state index contributed by atoms with van der Waals surface area (Å²) in [5.74, 6) is 0.670. The fourth-order valence-corrected chi connectivity index (χ4v) is 1.81. The van der Waals surface area contributed by atoms with Gasteiger partial charge in [0.1, 0.15) is 0 Å². The maximum atomic E-state index is 4.29. The molecule has 1 heterocycles. The maximum Gasteiger partial charge on any atom is 0.196 e. The lowest BCUT2D eigenvalue weighted by Crippen LogP contribution is -1.91. The number of rotatable bonds is 1. The van der Waals surface area contributed by atoms with Gasteiger partial charge in [0.15, 0.2) is 4.73 Å². The molecule has 1 aromatic heterocycles. The molecular formula is C7H6Br2N2. The lowest BCUT2D eigenvalue weighted by Gasteiger charge is -1.99. The molecule has 2 rings (SSSR count). The molecule has 0 N–H and O–H groups in total. The molecule has 1 saturated carbocycles. The Morgan fingerprint density at radius 1 is 1.36 bits per heavy atom. The molecule has 1 aliphatic rings. The third-order valence-corrected chi connectivity index (χ3v) is 2.70. The van der Waals surface area contributed by atoms with Gasteiger partial charge in [-0.15, -0.1) is 0 Å². The normalized spacial score (nSPS) is 16.9. The molecule has 0 aromatic carbocycles. The van der Waals surface area contributed by atoms with Crippen molar-refractivity contribution in [1.82, 2.24) is 9.97 Å². The van der Waals surface area contributed by atoms with E-state index in [0.717, 1.165) is 10.2 Å². The summed E-state index contributed by atoms with van der Waals surface area (Å²) in [7, 11) is 0. The van der Waals surface area contributed by atoms with Crippen LogP contribution in [-0.4, -0.2) is 9.97 Å². The minimum absolute atomic E-state index is 0.670. The molecule has 58 valence electrons. The van der Waals surface area contributed by atoms with Gasteiger partial charge in [-0.25, -0.2) is 9.97 Å². The van der Waals surface area contributed by atoms with Gasteiger partial charge in [-0.1, -0.05) is 0 Å². The highest BCUT2D eigenvalue weighted by Crippen LogP contribution is 2.42. The molecule has 0 amide bonds. The van der Waals surface area contributed by atoms with Crippen molar-refractivity contribution in [3.05, 3.63) is 21.1 Å². The second kappa shape index (κ2) is 2.83. The Labute approximate surface area is 81.7 Å². The Balaban J connectivity index is 2.42. The van der Waals surface area contributed by atoms with Crippen LogP contribution in [0, 0.1) is 0 Å². The van der Waals surface area contributed by atoms with Gasteiger partial charge in [0.05, 0.1) is 10.2 Å². The first-order valence-electron chi connectivity index (χ1n) is 3.45. The fourth-order valence-electron chi connectivity index (χ4n) is 1.00. The molecule has 0 spiro atoms. The SMILES string of the molecule is Brc1ncc(Br)c(C2CC2)n1. The van der Waals surface area contributed by atoms with Crippen LogP contribution in [0.2, 0.25) is 0 Å². The predicted octanol–water partition coefficient (Wildman–Crippen LogP) is 2.88. The number of hydrogen-bond donors (Lipinski definition) is 0. The third-order valence-electron chi connectivity index (χ3n) is 1.71. The Kier molecular flexibility index (Phi) is 1.97. The minimum Gasteiger partial charge on any atom is -0.230 e. The molecule has 0 bridgehead atoms. The zero-order chi connectivity index (χ0) is 7.84. The van der Waals surface area contributed by atoms with Gasteiger partial charge in [0, 0.05) is 12.1 Å². The lowest BCUT2D eigenvalue weighted by molar-refractivity contribution is 0.949. The molecule has 0 saturated heterocycles. The van der Waals surface area contributed by atoms with E-state index in [1.165, 1.54) is 12.8 Å². The summed E-state index contributed by atoms with van der Waals surface area (Å²) in [4.78, 5) is 8.30. The second-order valence-corrected chi connectivity index (χ2v) is 4.21. The van der Waals surface area contributed by atoms with Crippen LogP contribution in [0.4, 0.5) is 0 Å². The van der Waals surface area contributed by atoms with Gasteiger partial charge in [-0.2, -0.15) is 0 Å². The molecule has 4 heteroatoms. The summed E-state index contributed by atoms with van der Waals surface area (Å²) in [6.45, 7) is 0. The molecule has 0 unspecified atom stereocenters. The van der Waals surface area contributed by atoms with Crippen LogP contribution in [0.1, 0.15) is 24.5 Å². The molecule has 0 atom stereocenters. The van der Waals surface area contributed by atoms with Crippen molar-refractivity contribution < 1.29 is 0 Å². The highest BCUT2D eigenvalue weighted by Gasteiger charge is 2.27. The van der Waals surface area contributed by atoms with Gasteiger partial charge in [-0.05, 0) is 44.7 Å². The Bertz CT molecular complexity index is 284. The summed E-state index contributed by atoms with van der Waals surface area (Å²) in [5, 5.41) is 0. The van der Waals surface area contributed by atoms with E-state index in [9.17, 15) is 0 Å². The van der Waals surface area contributed by atoms with Gasteiger partial charge in [0.2, 0.25) is 0 Å². The average molecular weight is 278 g/mol. The van der Waals surface area contributed by atoms with Crippen molar-refractivity contribution in [3.63, 3.8) is 0 Å². The number of halogens is 2. The first-order chi connectivity index (χ1) is 5.27. The average Bonchev–Trinajstić information content (AvgIpc) is 2.76. The maximum absolute atomic E-state index is 4.29. The van der Waals surface area contributed by atoms with E-state index in [-0.39, 0.29) is 0 Å². The van der Waals surface area contributed by atoms with Crippen LogP contribution in [0.3, 0.4) is 0 Å². The van der Waals surface area contributed by atoms with Gasteiger partial charge in [-0.3, -0.25) is 0 Å². The molecule has 0 radical (unpaired) electrons. The van der Waals surface area contributed by atoms with Crippen molar-refractivity contribution in [2.75, 3.05) is 0 Å². The van der Waals surface area contributed by atoms with Crippen LogP contribution in [0.15, 0.2) is 15.4 Å². The second-order valence-electron chi connectivity index (χ2n) is 2.65. The quantitative estimate of drug-likeness (QED) is 0.738. The van der Waals surface area contributed by atoms with E-state index in [0.29, 0.717) is 10.7 Å². The van der Waals surface area contributed by atoms with Gasteiger partial charge < -0.3 is 0 Å². The predicted molar refractivity (Wildman–Crippen MR) is 49.4 cm³/mol. The summed E-state index contributed by atoms with van der Waals surface area (Å²) >= 11 is 6.67. The van der Waals surface area contributed by atoms with Crippen LogP contribution in [0.5, 0.6) is 0 Å². The van der Waals surface area contributed by atoms with Crippen LogP contribution < -0.4 is 0 Å². The van der Waals surface area contributed by atoms with Gasteiger partial charge in [0.25, 0.3) is 0 Å². The molecule has 1 aliphatic carbocycles. The molecular weight excluding hydrogens is 272 g/mol. The molecule has 2 nitrogen and oxygen atoms in total. The van der Waals surface area contributed by atoms with E-state index in [4.69, 9.17) is 0 Å². The van der Waals surface area contributed by atoms with E-state index < -0.39 is 0 Å². The van der Waals surface area contributed by atoms with Crippen LogP contribution in [0.25, 0.3) is 0 Å². The molecule has 1 fully saturated rings. The zero-order valence-electron chi connectivity index (χ0n) is 5.72. The largest absolute Gasteiger partial charge is 0.230 e. The Morgan fingerprint density at radius 2 is 2.09 bits per heavy atom. The number of hydrogen-bond acceptors (Lipinski definition) is 2. The van der Waals surface area contributed by atoms with E-state index >= 15 is 0 Å². The number of aromatic nitrogens is 2. The van der Waals surface area contributed by atoms with Crippen molar-refractivity contribution in [2.24, 2.45) is 0 Å². The Hall–Kier alpha value is 0.0400. The fraction of sp³-hybridized carbons (Fsp3) is 0.429. The summed E-state index contributed by atoms with van der Waals surface area (Å²) in [6, 6.07) is 0. The first-order valence-corrected chi connectivity index (χ1v) is 5.04.